The first-order chi connectivity index (χ1) is 8.47. The molecule has 0 unspecified atom stereocenters. The number of hydrogen-bond donors (Lipinski definition) is 2. The van der Waals surface area contributed by atoms with Crippen LogP contribution in [0.1, 0.15) is 19.8 Å². The van der Waals surface area contributed by atoms with Gasteiger partial charge in [-0.1, -0.05) is 13.5 Å². The number of rotatable bonds is 9. The monoisotopic (exact) mass is 260 g/mol. The van der Waals surface area contributed by atoms with Gasteiger partial charge < -0.3 is 19.7 Å². The Morgan fingerprint density at radius 3 is 2.28 bits per heavy atom. The molecule has 0 spiro atoms. The van der Waals surface area contributed by atoms with E-state index < -0.39 is 17.4 Å². The van der Waals surface area contributed by atoms with E-state index >= 15 is 0 Å². The van der Waals surface area contributed by atoms with Crippen LogP contribution in [0.2, 0.25) is 0 Å². The van der Waals surface area contributed by atoms with E-state index in [0.717, 1.165) is 6.08 Å². The first kappa shape index (κ1) is 16.6. The van der Waals surface area contributed by atoms with Gasteiger partial charge in [-0.25, -0.2) is 4.79 Å². The molecule has 0 aliphatic rings. The van der Waals surface area contributed by atoms with Crippen LogP contribution in [0.15, 0.2) is 12.7 Å². The maximum absolute atomic E-state index is 11.4. The molecule has 0 aromatic rings. The molecule has 18 heavy (non-hydrogen) atoms. The van der Waals surface area contributed by atoms with Crippen LogP contribution in [0.3, 0.4) is 0 Å². The fourth-order valence-corrected chi connectivity index (χ4v) is 1.04. The van der Waals surface area contributed by atoms with Gasteiger partial charge in [-0.05, 0) is 0 Å². The molecule has 6 nitrogen and oxygen atoms in total. The van der Waals surface area contributed by atoms with Crippen LogP contribution in [0.25, 0.3) is 0 Å². The fraction of sp³-hybridized carbons (Fsp3) is 0.667. The third-order valence-electron chi connectivity index (χ3n) is 2.30. The predicted octanol–water partition coefficient (Wildman–Crippen LogP) is 0.0299. The number of aliphatic hydroxyl groups is 2. The van der Waals surface area contributed by atoms with Crippen molar-refractivity contribution in [2.24, 2.45) is 5.41 Å². The van der Waals surface area contributed by atoms with Crippen molar-refractivity contribution >= 4 is 11.9 Å². The highest BCUT2D eigenvalue weighted by Crippen LogP contribution is 2.19. The number of esters is 2. The number of ether oxygens (including phenoxy) is 2. The molecule has 0 heterocycles. The summed E-state index contributed by atoms with van der Waals surface area (Å²) in [5.41, 5.74) is -0.869. The summed E-state index contributed by atoms with van der Waals surface area (Å²) in [5, 5.41) is 18.0. The van der Waals surface area contributed by atoms with E-state index in [9.17, 15) is 9.59 Å². The first-order valence-electron chi connectivity index (χ1n) is 5.64. The molecule has 104 valence electrons. The molecule has 0 saturated heterocycles. The van der Waals surface area contributed by atoms with Gasteiger partial charge in [0.15, 0.2) is 0 Å². The normalized spacial score (nSPS) is 10.8. The van der Waals surface area contributed by atoms with Crippen LogP contribution < -0.4 is 0 Å². The number of carbonyl (C=O) groups excluding carboxylic acids is 2. The molecule has 0 fully saturated rings. The molecular weight excluding hydrogens is 240 g/mol. The minimum Gasteiger partial charge on any atom is -0.466 e. The lowest BCUT2D eigenvalue weighted by Crippen LogP contribution is -2.30. The Hall–Kier alpha value is -1.40. The van der Waals surface area contributed by atoms with E-state index in [-0.39, 0.29) is 32.8 Å². The molecule has 0 atom stereocenters. The van der Waals surface area contributed by atoms with E-state index in [0.29, 0.717) is 6.42 Å². The third kappa shape index (κ3) is 7.03. The van der Waals surface area contributed by atoms with E-state index in [1.807, 2.05) is 0 Å². The summed E-state index contributed by atoms with van der Waals surface area (Å²) in [6, 6.07) is 0. The van der Waals surface area contributed by atoms with Crippen LogP contribution in [-0.4, -0.2) is 48.6 Å². The van der Waals surface area contributed by atoms with Crippen molar-refractivity contribution in [1.82, 2.24) is 0 Å². The zero-order valence-corrected chi connectivity index (χ0v) is 10.6. The minimum atomic E-state index is -0.869. The van der Waals surface area contributed by atoms with Crippen molar-refractivity contribution in [3.8, 4) is 0 Å². The van der Waals surface area contributed by atoms with E-state index in [4.69, 9.17) is 14.9 Å². The lowest BCUT2D eigenvalue weighted by Gasteiger charge is -2.22. The van der Waals surface area contributed by atoms with Gasteiger partial charge in [-0.15, -0.1) is 0 Å². The summed E-state index contributed by atoms with van der Waals surface area (Å²) < 4.78 is 9.57. The summed E-state index contributed by atoms with van der Waals surface area (Å²) in [6.07, 6.45) is 1.38. The van der Waals surface area contributed by atoms with Gasteiger partial charge >= 0.3 is 11.9 Å². The lowest BCUT2D eigenvalue weighted by molar-refractivity contribution is -0.148. The van der Waals surface area contributed by atoms with Gasteiger partial charge in [0.1, 0.15) is 0 Å². The number of carbonyl (C=O) groups is 2. The summed E-state index contributed by atoms with van der Waals surface area (Å²) in [4.78, 5) is 22.0. The van der Waals surface area contributed by atoms with E-state index in [2.05, 4.69) is 11.3 Å². The Kier molecular flexibility index (Phi) is 7.98. The highest BCUT2D eigenvalue weighted by Gasteiger charge is 2.26. The molecule has 0 aliphatic carbocycles. The molecule has 2 N–H and O–H groups in total. The highest BCUT2D eigenvalue weighted by molar-refractivity contribution is 5.81. The molecule has 0 saturated carbocycles. The second-order valence-electron chi connectivity index (χ2n) is 4.25. The van der Waals surface area contributed by atoms with E-state index in [1.165, 1.54) is 0 Å². The van der Waals surface area contributed by atoms with Crippen molar-refractivity contribution in [3.63, 3.8) is 0 Å². The Morgan fingerprint density at radius 1 is 1.22 bits per heavy atom. The van der Waals surface area contributed by atoms with Gasteiger partial charge in [-0.2, -0.15) is 0 Å². The Labute approximate surface area is 106 Å². The lowest BCUT2D eigenvalue weighted by atomic mass is 9.89. The first-order valence-corrected chi connectivity index (χ1v) is 5.64. The highest BCUT2D eigenvalue weighted by atomic mass is 16.5. The Balaban J connectivity index is 3.71. The zero-order chi connectivity index (χ0) is 14.0. The molecule has 0 aliphatic heterocycles. The number of aliphatic hydroxyl groups excluding tert-OH is 2. The Bertz CT molecular complexity index is 282. The molecule has 0 aromatic heterocycles. The van der Waals surface area contributed by atoms with Crippen molar-refractivity contribution < 1.29 is 29.3 Å². The number of hydrogen-bond acceptors (Lipinski definition) is 6. The van der Waals surface area contributed by atoms with Gasteiger partial charge in [-0.3, -0.25) is 4.79 Å². The summed E-state index contributed by atoms with van der Waals surface area (Å²) in [7, 11) is 0. The smallest absolute Gasteiger partial charge is 0.330 e. The van der Waals surface area contributed by atoms with Crippen molar-refractivity contribution in [2.45, 2.75) is 19.8 Å². The summed E-state index contributed by atoms with van der Waals surface area (Å²) >= 11 is 0. The zero-order valence-electron chi connectivity index (χ0n) is 10.6. The van der Waals surface area contributed by atoms with Crippen LogP contribution >= 0.6 is 0 Å². The quantitative estimate of drug-likeness (QED) is 0.345. The van der Waals surface area contributed by atoms with Gasteiger partial charge in [0, 0.05) is 17.9 Å². The molecule has 0 aromatic carbocycles. The van der Waals surface area contributed by atoms with Crippen molar-refractivity contribution in [2.75, 3.05) is 26.4 Å². The van der Waals surface area contributed by atoms with Crippen molar-refractivity contribution in [1.29, 1.82) is 0 Å². The average molecular weight is 260 g/mol. The van der Waals surface area contributed by atoms with Crippen LogP contribution in [-0.2, 0) is 19.1 Å². The minimum absolute atomic E-state index is 0.0631. The molecule has 6 heteroatoms. The van der Waals surface area contributed by atoms with E-state index in [1.54, 1.807) is 6.92 Å². The SMILES string of the molecule is C=CC(=O)OCCCOC(=O)CC(C)(CO)CO. The summed E-state index contributed by atoms with van der Waals surface area (Å²) in [6.45, 7) is 4.50. The second kappa shape index (κ2) is 8.66. The maximum Gasteiger partial charge on any atom is 0.330 e. The van der Waals surface area contributed by atoms with Crippen LogP contribution in [0.5, 0.6) is 0 Å². The molecule has 0 amide bonds. The third-order valence-corrected chi connectivity index (χ3v) is 2.30. The topological polar surface area (TPSA) is 93.1 Å². The van der Waals surface area contributed by atoms with Crippen LogP contribution in [0.4, 0.5) is 0 Å². The largest absolute Gasteiger partial charge is 0.466 e. The van der Waals surface area contributed by atoms with Crippen molar-refractivity contribution in [3.05, 3.63) is 12.7 Å². The van der Waals surface area contributed by atoms with Crippen LogP contribution in [0, 0.1) is 5.41 Å². The molecule has 0 bridgehead atoms. The second-order valence-corrected chi connectivity index (χ2v) is 4.25. The van der Waals surface area contributed by atoms with Gasteiger partial charge in [0.2, 0.25) is 0 Å². The predicted molar refractivity (Wildman–Crippen MR) is 63.6 cm³/mol. The maximum atomic E-state index is 11.4. The molecular formula is C12H20O6. The molecule has 0 rings (SSSR count). The summed E-state index contributed by atoms with van der Waals surface area (Å²) in [5.74, 6) is -1.02. The van der Waals surface area contributed by atoms with Gasteiger partial charge in [0.25, 0.3) is 0 Å². The standard InChI is InChI=1S/C12H20O6/c1-3-10(15)17-5-4-6-18-11(16)7-12(2,8-13)9-14/h3,13-14H,1,4-9H2,2H3. The Morgan fingerprint density at radius 2 is 1.78 bits per heavy atom. The average Bonchev–Trinajstić information content (AvgIpc) is 2.37. The fourth-order valence-electron chi connectivity index (χ4n) is 1.04. The molecule has 0 radical (unpaired) electrons. The van der Waals surface area contributed by atoms with Gasteiger partial charge in [0.05, 0.1) is 32.8 Å².